The summed E-state index contributed by atoms with van der Waals surface area (Å²) in [4.78, 5) is 20.3. The highest BCUT2D eigenvalue weighted by Crippen LogP contribution is 2.16. The first kappa shape index (κ1) is 19.1. The first-order chi connectivity index (χ1) is 12.1. The van der Waals surface area contributed by atoms with Crippen LogP contribution < -0.4 is 4.74 Å². The van der Waals surface area contributed by atoms with Crippen molar-refractivity contribution in [2.75, 3.05) is 32.4 Å². The number of carbonyl (C=O) groups is 1. The maximum Gasteiger partial charge on any atom is 0.263 e. The fourth-order valence-electron chi connectivity index (χ4n) is 2.72. The highest BCUT2D eigenvalue weighted by atomic mass is 32.2. The SMILES string of the molecule is CCc1ccc(OC(C)C(=O)N2CCN(C(=NC#N)SC)CC2)cc1. The molecule has 1 aliphatic rings. The maximum atomic E-state index is 12.6. The van der Waals surface area contributed by atoms with Gasteiger partial charge in [0.2, 0.25) is 6.19 Å². The van der Waals surface area contributed by atoms with Crippen LogP contribution in [0.3, 0.4) is 0 Å². The van der Waals surface area contributed by atoms with E-state index in [1.54, 1.807) is 6.92 Å². The van der Waals surface area contributed by atoms with Crippen LogP contribution in [0, 0.1) is 11.5 Å². The van der Waals surface area contributed by atoms with Gasteiger partial charge in [-0.15, -0.1) is 4.99 Å². The molecule has 1 unspecified atom stereocenters. The molecule has 0 spiro atoms. The van der Waals surface area contributed by atoms with Gasteiger partial charge in [-0.05, 0) is 37.3 Å². The molecule has 0 radical (unpaired) electrons. The molecule has 0 bridgehead atoms. The zero-order valence-electron chi connectivity index (χ0n) is 14.9. The van der Waals surface area contributed by atoms with Crippen molar-refractivity contribution in [1.29, 1.82) is 5.26 Å². The third-order valence-electron chi connectivity index (χ3n) is 4.18. The van der Waals surface area contributed by atoms with Gasteiger partial charge in [-0.25, -0.2) is 0 Å². The molecule has 1 aromatic rings. The highest BCUT2D eigenvalue weighted by Gasteiger charge is 2.27. The number of aliphatic imine (C=N–C) groups is 1. The van der Waals surface area contributed by atoms with Gasteiger partial charge >= 0.3 is 0 Å². The Labute approximate surface area is 153 Å². The van der Waals surface area contributed by atoms with E-state index in [0.717, 1.165) is 6.42 Å². The molecule has 134 valence electrons. The van der Waals surface area contributed by atoms with Crippen molar-refractivity contribution in [1.82, 2.24) is 9.80 Å². The summed E-state index contributed by atoms with van der Waals surface area (Å²) in [6, 6.07) is 7.85. The van der Waals surface area contributed by atoms with Crippen LogP contribution >= 0.6 is 11.8 Å². The standard InChI is InChI=1S/C18H24N4O2S/c1-4-15-5-7-16(8-6-15)24-14(2)17(23)21-9-11-22(12-10-21)18(25-3)20-13-19/h5-8,14H,4,9-12H2,1-3H3. The second-order valence-corrected chi connectivity index (χ2v) is 6.54. The topological polar surface area (TPSA) is 68.9 Å². The molecule has 0 aromatic heterocycles. The minimum atomic E-state index is -0.521. The first-order valence-corrected chi connectivity index (χ1v) is 9.61. The molecule has 25 heavy (non-hydrogen) atoms. The molecule has 1 atom stereocenters. The second-order valence-electron chi connectivity index (χ2n) is 5.77. The van der Waals surface area contributed by atoms with Crippen LogP contribution in [0.25, 0.3) is 0 Å². The van der Waals surface area contributed by atoms with Crippen LogP contribution in [0.2, 0.25) is 0 Å². The van der Waals surface area contributed by atoms with Crippen molar-refractivity contribution in [3.63, 3.8) is 0 Å². The molecule has 2 rings (SSSR count). The van der Waals surface area contributed by atoms with Gasteiger partial charge < -0.3 is 14.5 Å². The minimum absolute atomic E-state index is 0.0119. The lowest BCUT2D eigenvalue weighted by atomic mass is 10.2. The van der Waals surface area contributed by atoms with E-state index in [0.29, 0.717) is 37.1 Å². The number of nitrogens with zero attached hydrogens (tertiary/aromatic N) is 4. The monoisotopic (exact) mass is 360 g/mol. The van der Waals surface area contributed by atoms with Gasteiger partial charge in [-0.3, -0.25) is 4.79 Å². The fourth-order valence-corrected chi connectivity index (χ4v) is 3.29. The number of amidine groups is 1. The molecule has 6 nitrogen and oxygen atoms in total. The summed E-state index contributed by atoms with van der Waals surface area (Å²) in [5, 5.41) is 9.43. The van der Waals surface area contributed by atoms with Crippen LogP contribution in [0.1, 0.15) is 19.4 Å². The summed E-state index contributed by atoms with van der Waals surface area (Å²) >= 11 is 1.45. The van der Waals surface area contributed by atoms with Gasteiger partial charge in [-0.1, -0.05) is 30.8 Å². The summed E-state index contributed by atoms with van der Waals surface area (Å²) in [5.41, 5.74) is 1.24. The number of ether oxygens (including phenoxy) is 1. The number of thioether (sulfide) groups is 1. The van der Waals surface area contributed by atoms with Crippen molar-refractivity contribution in [3.05, 3.63) is 29.8 Å². The summed E-state index contributed by atoms with van der Waals surface area (Å²) in [6.07, 6.45) is 4.18. The summed E-state index contributed by atoms with van der Waals surface area (Å²) in [7, 11) is 0. The molecule has 1 aromatic carbocycles. The Balaban J connectivity index is 1.88. The van der Waals surface area contributed by atoms with Crippen molar-refractivity contribution in [2.45, 2.75) is 26.4 Å². The van der Waals surface area contributed by atoms with E-state index < -0.39 is 6.10 Å². The predicted octanol–water partition coefficient (Wildman–Crippen LogP) is 2.36. The Kier molecular flexibility index (Phi) is 7.14. The van der Waals surface area contributed by atoms with E-state index in [2.05, 4.69) is 11.9 Å². The number of hydrogen-bond acceptors (Lipinski definition) is 5. The predicted molar refractivity (Wildman–Crippen MR) is 101 cm³/mol. The van der Waals surface area contributed by atoms with Crippen LogP contribution in [-0.2, 0) is 11.2 Å². The molecule has 1 heterocycles. The Morgan fingerprint density at radius 1 is 1.28 bits per heavy atom. The van der Waals surface area contributed by atoms with Gasteiger partial charge in [0.15, 0.2) is 11.3 Å². The van der Waals surface area contributed by atoms with E-state index in [-0.39, 0.29) is 5.91 Å². The first-order valence-electron chi connectivity index (χ1n) is 8.39. The number of piperazine rings is 1. The van der Waals surface area contributed by atoms with E-state index in [4.69, 9.17) is 10.00 Å². The van der Waals surface area contributed by atoms with Gasteiger partial charge in [-0.2, -0.15) is 5.26 Å². The molecular weight excluding hydrogens is 336 g/mol. The zero-order chi connectivity index (χ0) is 18.2. The Hall–Kier alpha value is -2.20. The van der Waals surface area contributed by atoms with Gasteiger partial charge in [0, 0.05) is 26.2 Å². The van der Waals surface area contributed by atoms with Crippen molar-refractivity contribution < 1.29 is 9.53 Å². The van der Waals surface area contributed by atoms with Crippen molar-refractivity contribution in [2.24, 2.45) is 4.99 Å². The van der Waals surface area contributed by atoms with Crippen LogP contribution in [0.4, 0.5) is 0 Å². The minimum Gasteiger partial charge on any atom is -0.481 e. The lowest BCUT2D eigenvalue weighted by Crippen LogP contribution is -2.52. The maximum absolute atomic E-state index is 12.6. The molecule has 7 heteroatoms. The smallest absolute Gasteiger partial charge is 0.263 e. The number of hydrogen-bond donors (Lipinski definition) is 0. The number of rotatable bonds is 4. The number of aryl methyl sites for hydroxylation is 1. The van der Waals surface area contributed by atoms with E-state index in [1.807, 2.05) is 46.5 Å². The lowest BCUT2D eigenvalue weighted by molar-refractivity contribution is -0.139. The van der Waals surface area contributed by atoms with Gasteiger partial charge in [0.05, 0.1) is 0 Å². The number of benzene rings is 1. The summed E-state index contributed by atoms with van der Waals surface area (Å²) < 4.78 is 5.79. The van der Waals surface area contributed by atoms with E-state index >= 15 is 0 Å². The van der Waals surface area contributed by atoms with E-state index in [9.17, 15) is 4.79 Å². The quantitative estimate of drug-likeness (QED) is 0.468. The zero-order valence-corrected chi connectivity index (χ0v) is 15.8. The normalized spacial score (nSPS) is 16.3. The fraction of sp³-hybridized carbons (Fsp3) is 0.500. The van der Waals surface area contributed by atoms with Crippen LogP contribution in [0.5, 0.6) is 5.75 Å². The Morgan fingerprint density at radius 2 is 1.88 bits per heavy atom. The van der Waals surface area contributed by atoms with Crippen molar-refractivity contribution >= 4 is 22.8 Å². The molecule has 1 fully saturated rings. The molecule has 0 N–H and O–H groups in total. The molecular formula is C18H24N4O2S. The Bertz CT molecular complexity index is 646. The van der Waals surface area contributed by atoms with Gasteiger partial charge in [0.1, 0.15) is 5.75 Å². The third kappa shape index (κ3) is 5.13. The summed E-state index contributed by atoms with van der Waals surface area (Å²) in [6.45, 7) is 6.44. The average molecular weight is 360 g/mol. The number of amides is 1. The van der Waals surface area contributed by atoms with E-state index in [1.165, 1.54) is 17.3 Å². The van der Waals surface area contributed by atoms with Crippen LogP contribution in [-0.4, -0.2) is 59.4 Å². The largest absolute Gasteiger partial charge is 0.481 e. The average Bonchev–Trinajstić information content (AvgIpc) is 2.66. The molecule has 0 saturated carbocycles. The third-order valence-corrected chi connectivity index (χ3v) is 4.90. The Morgan fingerprint density at radius 3 is 2.40 bits per heavy atom. The summed E-state index contributed by atoms with van der Waals surface area (Å²) in [5.74, 6) is 0.699. The highest BCUT2D eigenvalue weighted by molar-refractivity contribution is 8.13. The number of carbonyl (C=O) groups excluding carboxylic acids is 1. The molecule has 1 saturated heterocycles. The van der Waals surface area contributed by atoms with Crippen molar-refractivity contribution in [3.8, 4) is 11.9 Å². The second kappa shape index (κ2) is 9.33. The molecule has 1 aliphatic heterocycles. The van der Waals surface area contributed by atoms with Gasteiger partial charge in [0.25, 0.3) is 5.91 Å². The number of nitriles is 1. The van der Waals surface area contributed by atoms with Crippen LogP contribution in [0.15, 0.2) is 29.3 Å². The molecule has 0 aliphatic carbocycles. The lowest BCUT2D eigenvalue weighted by Gasteiger charge is -2.36. The molecule has 1 amide bonds.